The molecule has 0 saturated carbocycles. The standard InChI is InChI=1S/C45H77NO8/c1-5-7-9-11-13-15-17-19-21-23-25-27-29-31-33-35-40(47)53-43-39(38-51-42(49)37-46(3)4)52-45(50)44(43)54-41(48)36-34-32-30-28-26-24-22-20-18-16-14-12-10-8-6-2/h13-16,19-22,39,43-45,50H,5-12,17-18,23-38H2,1-4H3/b15-13-,16-14-,21-19-,22-20-/t39-,43+,44?,45-/m1/s1. The van der Waals surface area contributed by atoms with E-state index in [9.17, 15) is 19.5 Å². The van der Waals surface area contributed by atoms with Gasteiger partial charge in [-0.05, 0) is 91.1 Å². The number of ether oxygens (including phenoxy) is 4. The number of aliphatic hydroxyl groups excluding tert-OH is 1. The van der Waals surface area contributed by atoms with Gasteiger partial charge in [0.05, 0.1) is 6.54 Å². The van der Waals surface area contributed by atoms with Gasteiger partial charge in [0.2, 0.25) is 0 Å². The monoisotopic (exact) mass is 760 g/mol. The van der Waals surface area contributed by atoms with Crippen LogP contribution in [-0.4, -0.2) is 79.8 Å². The summed E-state index contributed by atoms with van der Waals surface area (Å²) in [6, 6.07) is 0. The van der Waals surface area contributed by atoms with Crippen molar-refractivity contribution in [2.24, 2.45) is 0 Å². The van der Waals surface area contributed by atoms with E-state index in [1.165, 1.54) is 51.4 Å². The normalized spacial score (nSPS) is 18.9. The third-order valence-electron chi connectivity index (χ3n) is 9.34. The fourth-order valence-corrected chi connectivity index (χ4v) is 6.17. The van der Waals surface area contributed by atoms with Crippen molar-refractivity contribution in [2.45, 2.75) is 193 Å². The zero-order valence-electron chi connectivity index (χ0n) is 34.6. The number of esters is 3. The molecule has 4 atom stereocenters. The van der Waals surface area contributed by atoms with Crippen molar-refractivity contribution in [3.8, 4) is 0 Å². The molecule has 1 fully saturated rings. The molecule has 1 rings (SSSR count). The lowest BCUT2D eigenvalue weighted by Crippen LogP contribution is -2.42. The predicted octanol–water partition coefficient (Wildman–Crippen LogP) is 10.3. The number of allylic oxidation sites excluding steroid dienone is 8. The van der Waals surface area contributed by atoms with Gasteiger partial charge in [0.15, 0.2) is 18.5 Å². The van der Waals surface area contributed by atoms with Crippen LogP contribution in [0.5, 0.6) is 0 Å². The molecule has 1 saturated heterocycles. The highest BCUT2D eigenvalue weighted by atomic mass is 16.7. The molecule has 1 aliphatic rings. The summed E-state index contributed by atoms with van der Waals surface area (Å²) in [7, 11) is 3.50. The van der Waals surface area contributed by atoms with E-state index >= 15 is 0 Å². The highest BCUT2D eigenvalue weighted by Crippen LogP contribution is 2.27. The number of unbranched alkanes of at least 4 members (excludes halogenated alkanes) is 16. The Balaban J connectivity index is 2.41. The zero-order valence-corrected chi connectivity index (χ0v) is 34.6. The Bertz CT molecular complexity index is 1070. The Kier molecular flexibility index (Phi) is 31.7. The van der Waals surface area contributed by atoms with E-state index in [2.05, 4.69) is 62.5 Å². The lowest BCUT2D eigenvalue weighted by Gasteiger charge is -2.23. The molecule has 0 aromatic heterocycles. The fourth-order valence-electron chi connectivity index (χ4n) is 6.17. The van der Waals surface area contributed by atoms with Crippen molar-refractivity contribution in [3.05, 3.63) is 48.6 Å². The van der Waals surface area contributed by atoms with Crippen LogP contribution in [-0.2, 0) is 33.3 Å². The van der Waals surface area contributed by atoms with E-state index in [-0.39, 0.29) is 26.0 Å². The summed E-state index contributed by atoms with van der Waals surface area (Å²) in [6.45, 7) is 4.28. The van der Waals surface area contributed by atoms with Crippen LogP contribution in [0.1, 0.15) is 168 Å². The molecule has 9 heteroatoms. The molecule has 0 aromatic rings. The van der Waals surface area contributed by atoms with Gasteiger partial charge in [0.1, 0.15) is 12.7 Å². The molecule has 0 amide bonds. The van der Waals surface area contributed by atoms with Gasteiger partial charge in [-0.15, -0.1) is 0 Å². The molecular weight excluding hydrogens is 682 g/mol. The first kappa shape index (κ1) is 49.3. The maximum absolute atomic E-state index is 12.9. The summed E-state index contributed by atoms with van der Waals surface area (Å²) in [6.07, 6.45) is 37.5. The molecule has 0 radical (unpaired) electrons. The molecule has 0 bridgehead atoms. The van der Waals surface area contributed by atoms with Crippen LogP contribution in [0, 0.1) is 0 Å². The molecule has 0 aromatic carbocycles. The van der Waals surface area contributed by atoms with E-state index in [0.717, 1.165) is 77.0 Å². The van der Waals surface area contributed by atoms with Crippen molar-refractivity contribution in [1.29, 1.82) is 0 Å². The number of hydrogen-bond acceptors (Lipinski definition) is 9. The Hall–Kier alpha value is -2.75. The molecule has 1 unspecified atom stereocenters. The number of carbonyl (C=O) groups excluding carboxylic acids is 3. The van der Waals surface area contributed by atoms with Crippen molar-refractivity contribution in [3.63, 3.8) is 0 Å². The van der Waals surface area contributed by atoms with Crippen molar-refractivity contribution in [2.75, 3.05) is 27.2 Å². The number of likely N-dealkylation sites (N-methyl/N-ethyl adjacent to an activating group) is 1. The Morgan fingerprint density at radius 1 is 0.556 bits per heavy atom. The Morgan fingerprint density at radius 3 is 1.41 bits per heavy atom. The number of rotatable bonds is 34. The Labute approximate surface area is 329 Å². The van der Waals surface area contributed by atoms with E-state index in [1.54, 1.807) is 19.0 Å². The van der Waals surface area contributed by atoms with Gasteiger partial charge in [-0.3, -0.25) is 19.3 Å². The lowest BCUT2D eigenvalue weighted by molar-refractivity contribution is -0.177. The molecule has 1 aliphatic heterocycles. The molecule has 54 heavy (non-hydrogen) atoms. The molecule has 0 spiro atoms. The number of nitrogens with zero attached hydrogens (tertiary/aromatic N) is 1. The second kappa shape index (κ2) is 34.7. The first-order valence-electron chi connectivity index (χ1n) is 21.4. The van der Waals surface area contributed by atoms with E-state index < -0.39 is 42.5 Å². The molecule has 0 aliphatic carbocycles. The maximum Gasteiger partial charge on any atom is 0.320 e. The van der Waals surface area contributed by atoms with E-state index in [4.69, 9.17) is 18.9 Å². The second-order valence-corrected chi connectivity index (χ2v) is 14.9. The highest BCUT2D eigenvalue weighted by Gasteiger charge is 2.49. The summed E-state index contributed by atoms with van der Waals surface area (Å²) >= 11 is 0. The van der Waals surface area contributed by atoms with Crippen LogP contribution < -0.4 is 0 Å². The van der Waals surface area contributed by atoms with E-state index in [0.29, 0.717) is 12.8 Å². The van der Waals surface area contributed by atoms with E-state index in [1.807, 2.05) is 0 Å². The minimum Gasteiger partial charge on any atom is -0.462 e. The smallest absolute Gasteiger partial charge is 0.320 e. The minimum absolute atomic E-state index is 0.0680. The lowest BCUT2D eigenvalue weighted by atomic mass is 10.1. The first-order chi connectivity index (χ1) is 26.3. The van der Waals surface area contributed by atoms with Crippen molar-refractivity contribution in [1.82, 2.24) is 4.90 Å². The van der Waals surface area contributed by atoms with Gasteiger partial charge in [-0.25, -0.2) is 0 Å². The van der Waals surface area contributed by atoms with Gasteiger partial charge < -0.3 is 24.1 Å². The number of aliphatic hydroxyl groups is 1. The van der Waals surface area contributed by atoms with Crippen molar-refractivity contribution >= 4 is 17.9 Å². The quantitative estimate of drug-likeness (QED) is 0.0297. The molecule has 1 N–H and O–H groups in total. The first-order valence-corrected chi connectivity index (χ1v) is 21.4. The average Bonchev–Trinajstić information content (AvgIpc) is 3.42. The van der Waals surface area contributed by atoms with Gasteiger partial charge >= 0.3 is 17.9 Å². The second-order valence-electron chi connectivity index (χ2n) is 14.9. The van der Waals surface area contributed by atoms with Crippen LogP contribution in [0.25, 0.3) is 0 Å². The SMILES string of the molecule is CCCCC/C=C\C/C=C\CCCCCCCC(=O)OC1[C@H](O)O[C@H](COC(=O)CN(C)C)[C@@H]1OC(=O)CCCCCCC/C=C\C/C=C\CCCCC. The summed E-state index contributed by atoms with van der Waals surface area (Å²) < 4.78 is 22.3. The molecule has 1 heterocycles. The molecular formula is C45H77NO8. The van der Waals surface area contributed by atoms with Gasteiger partial charge in [-0.1, -0.05) is 127 Å². The molecule has 9 nitrogen and oxygen atoms in total. The summed E-state index contributed by atoms with van der Waals surface area (Å²) in [5, 5.41) is 10.7. The highest BCUT2D eigenvalue weighted by molar-refractivity contribution is 5.72. The van der Waals surface area contributed by atoms with Crippen molar-refractivity contribution < 1.29 is 38.4 Å². The zero-order chi connectivity index (χ0) is 39.5. The summed E-state index contributed by atoms with van der Waals surface area (Å²) in [4.78, 5) is 39.5. The largest absolute Gasteiger partial charge is 0.462 e. The van der Waals surface area contributed by atoms with Crippen LogP contribution in [0.2, 0.25) is 0 Å². The van der Waals surface area contributed by atoms with Crippen LogP contribution >= 0.6 is 0 Å². The van der Waals surface area contributed by atoms with Crippen LogP contribution in [0.4, 0.5) is 0 Å². The third kappa shape index (κ3) is 27.8. The number of carbonyl (C=O) groups is 3. The topological polar surface area (TPSA) is 112 Å². The van der Waals surface area contributed by atoms with Gasteiger partial charge in [-0.2, -0.15) is 0 Å². The van der Waals surface area contributed by atoms with Crippen LogP contribution in [0.3, 0.4) is 0 Å². The average molecular weight is 760 g/mol. The third-order valence-corrected chi connectivity index (χ3v) is 9.34. The summed E-state index contributed by atoms with van der Waals surface area (Å²) in [5.74, 6) is -1.41. The fraction of sp³-hybridized carbons (Fsp3) is 0.756. The Morgan fingerprint density at radius 2 is 0.963 bits per heavy atom. The minimum atomic E-state index is -1.50. The van der Waals surface area contributed by atoms with Crippen LogP contribution in [0.15, 0.2) is 48.6 Å². The van der Waals surface area contributed by atoms with Gasteiger partial charge in [0.25, 0.3) is 0 Å². The van der Waals surface area contributed by atoms with Gasteiger partial charge in [0, 0.05) is 12.8 Å². The number of hydrogen-bond donors (Lipinski definition) is 1. The molecule has 310 valence electrons. The maximum atomic E-state index is 12.9. The summed E-state index contributed by atoms with van der Waals surface area (Å²) in [5.41, 5.74) is 0. The predicted molar refractivity (Wildman–Crippen MR) is 219 cm³/mol.